The van der Waals surface area contributed by atoms with Crippen LogP contribution in [-0.2, 0) is 5.41 Å². The molecule has 0 saturated carbocycles. The van der Waals surface area contributed by atoms with Crippen molar-refractivity contribution in [1.29, 1.82) is 0 Å². The van der Waals surface area contributed by atoms with E-state index in [1.807, 2.05) is 0 Å². The Hall–Kier alpha value is -2.46. The minimum absolute atomic E-state index is 0.117. The number of aliphatic hydroxyl groups excluding tert-OH is 1. The van der Waals surface area contributed by atoms with Crippen LogP contribution < -0.4 is 0 Å². The number of imidazole rings is 1. The molecule has 0 atom stereocenters. The van der Waals surface area contributed by atoms with E-state index < -0.39 is 6.61 Å². The fourth-order valence-electron chi connectivity index (χ4n) is 2.54. The molecule has 0 spiro atoms. The van der Waals surface area contributed by atoms with E-state index in [1.54, 1.807) is 18.2 Å². The van der Waals surface area contributed by atoms with Crippen LogP contribution in [0.15, 0.2) is 42.5 Å². The summed E-state index contributed by atoms with van der Waals surface area (Å²) in [6, 6.07) is 13.5. The molecule has 2 aromatic carbocycles. The van der Waals surface area contributed by atoms with Gasteiger partial charge in [-0.2, -0.15) is 0 Å². The summed E-state index contributed by atoms with van der Waals surface area (Å²) in [5.74, 6) is 0.478. The molecule has 0 fully saturated rings. The van der Waals surface area contributed by atoms with Crippen LogP contribution in [-0.4, -0.2) is 27.5 Å². The monoisotopic (exact) mass is 308 g/mol. The molecule has 3 aromatic rings. The summed E-state index contributed by atoms with van der Waals surface area (Å²) in [5, 5.41) is 8.96. The number of hydrogen-bond donors (Lipinski definition) is 2. The Morgan fingerprint density at radius 2 is 1.83 bits per heavy atom. The Balaban J connectivity index is 1.98. The number of nitrogens with zero attached hydrogens (tertiary/aromatic N) is 1. The van der Waals surface area contributed by atoms with E-state index in [9.17, 15) is 4.79 Å². The number of carbonyl (C=O) groups is 1. The molecule has 1 aromatic heterocycles. The van der Waals surface area contributed by atoms with Gasteiger partial charge in [-0.05, 0) is 29.2 Å². The van der Waals surface area contributed by atoms with Gasteiger partial charge in [0.05, 0.1) is 11.0 Å². The van der Waals surface area contributed by atoms with E-state index in [1.165, 1.54) is 5.56 Å². The molecular weight excluding hydrogens is 288 g/mol. The summed E-state index contributed by atoms with van der Waals surface area (Å²) in [4.78, 5) is 19.4. The van der Waals surface area contributed by atoms with Crippen molar-refractivity contribution in [3.8, 4) is 11.4 Å². The number of ketones is 1. The number of benzene rings is 2. The van der Waals surface area contributed by atoms with E-state index in [2.05, 4.69) is 55.0 Å². The highest BCUT2D eigenvalue weighted by Gasteiger charge is 2.14. The number of aromatic amines is 1. The summed E-state index contributed by atoms with van der Waals surface area (Å²) < 4.78 is 0. The van der Waals surface area contributed by atoms with Gasteiger partial charge in [-0.15, -0.1) is 0 Å². The van der Waals surface area contributed by atoms with Crippen LogP contribution in [0.4, 0.5) is 0 Å². The third-order valence-electron chi connectivity index (χ3n) is 3.97. The number of carbonyl (C=O) groups excluding carboxylic acids is 1. The van der Waals surface area contributed by atoms with Crippen LogP contribution in [0.2, 0.25) is 0 Å². The zero-order chi connectivity index (χ0) is 16.6. The first-order valence-corrected chi connectivity index (χ1v) is 7.63. The van der Waals surface area contributed by atoms with E-state index in [0.29, 0.717) is 5.56 Å². The Morgan fingerprint density at radius 1 is 1.13 bits per heavy atom. The lowest BCUT2D eigenvalue weighted by Gasteiger charge is -2.18. The summed E-state index contributed by atoms with van der Waals surface area (Å²) in [6.07, 6.45) is 0. The normalized spacial score (nSPS) is 11.8. The molecule has 3 rings (SSSR count). The fourth-order valence-corrected chi connectivity index (χ4v) is 2.54. The van der Waals surface area contributed by atoms with E-state index in [4.69, 9.17) is 5.11 Å². The lowest BCUT2D eigenvalue weighted by atomic mass is 9.87. The zero-order valence-electron chi connectivity index (χ0n) is 13.6. The molecule has 0 unspecified atom stereocenters. The average Bonchev–Trinajstić information content (AvgIpc) is 2.96. The largest absolute Gasteiger partial charge is 0.388 e. The molecule has 0 aliphatic heterocycles. The topological polar surface area (TPSA) is 66.0 Å². The van der Waals surface area contributed by atoms with Crippen molar-refractivity contribution in [1.82, 2.24) is 9.97 Å². The van der Waals surface area contributed by atoms with Crippen LogP contribution in [0.5, 0.6) is 0 Å². The van der Waals surface area contributed by atoms with E-state index in [-0.39, 0.29) is 11.2 Å². The van der Waals surface area contributed by atoms with Crippen LogP contribution >= 0.6 is 0 Å². The van der Waals surface area contributed by atoms with Crippen molar-refractivity contribution in [2.75, 3.05) is 6.61 Å². The zero-order valence-corrected chi connectivity index (χ0v) is 13.6. The highest BCUT2D eigenvalue weighted by molar-refractivity contribution is 5.99. The summed E-state index contributed by atoms with van der Waals surface area (Å²) in [6.45, 7) is 6.06. The second-order valence-corrected chi connectivity index (χ2v) is 6.73. The molecule has 4 heteroatoms. The van der Waals surface area contributed by atoms with Crippen molar-refractivity contribution in [2.45, 2.75) is 26.2 Å². The maximum Gasteiger partial charge on any atom is 0.188 e. The number of H-pyrrole nitrogens is 1. The first-order valence-electron chi connectivity index (χ1n) is 7.63. The number of rotatable bonds is 3. The predicted octanol–water partition coefficient (Wildman–Crippen LogP) is 3.70. The van der Waals surface area contributed by atoms with Crippen molar-refractivity contribution >= 4 is 16.8 Å². The van der Waals surface area contributed by atoms with Gasteiger partial charge in [-0.25, -0.2) is 4.98 Å². The second kappa shape index (κ2) is 5.63. The standard InChI is InChI=1S/C19H20N2O2/c1-19(2,3)14-7-4-12(5-8-14)18-20-15-9-6-13(17(23)11-22)10-16(15)21-18/h4-10,22H,11H2,1-3H3,(H,20,21). The second-order valence-electron chi connectivity index (χ2n) is 6.73. The molecule has 0 aliphatic rings. The minimum Gasteiger partial charge on any atom is -0.388 e. The Labute approximate surface area is 135 Å². The number of aromatic nitrogens is 2. The highest BCUT2D eigenvalue weighted by Crippen LogP contribution is 2.26. The average molecular weight is 308 g/mol. The third-order valence-corrected chi connectivity index (χ3v) is 3.97. The van der Waals surface area contributed by atoms with E-state index in [0.717, 1.165) is 22.4 Å². The predicted molar refractivity (Wildman–Crippen MR) is 91.6 cm³/mol. The molecule has 1 heterocycles. The van der Waals surface area contributed by atoms with Gasteiger partial charge in [0, 0.05) is 11.1 Å². The molecule has 0 amide bonds. The van der Waals surface area contributed by atoms with Crippen LogP contribution in [0.3, 0.4) is 0 Å². The van der Waals surface area contributed by atoms with Gasteiger partial charge in [-0.1, -0.05) is 45.0 Å². The Kier molecular flexibility index (Phi) is 3.78. The van der Waals surface area contributed by atoms with Crippen molar-refractivity contribution in [2.24, 2.45) is 0 Å². The maximum absolute atomic E-state index is 11.6. The van der Waals surface area contributed by atoms with Gasteiger partial charge in [0.15, 0.2) is 5.78 Å². The minimum atomic E-state index is -0.485. The van der Waals surface area contributed by atoms with Crippen molar-refractivity contribution in [3.05, 3.63) is 53.6 Å². The number of nitrogens with one attached hydrogen (secondary N) is 1. The molecule has 2 N–H and O–H groups in total. The molecule has 4 nitrogen and oxygen atoms in total. The van der Waals surface area contributed by atoms with Crippen molar-refractivity contribution < 1.29 is 9.90 Å². The lowest BCUT2D eigenvalue weighted by molar-refractivity contribution is 0.0904. The van der Waals surface area contributed by atoms with Gasteiger partial charge in [-0.3, -0.25) is 4.79 Å². The Morgan fingerprint density at radius 3 is 2.43 bits per heavy atom. The van der Waals surface area contributed by atoms with Gasteiger partial charge in [0.1, 0.15) is 12.4 Å². The van der Waals surface area contributed by atoms with Gasteiger partial charge in [0.2, 0.25) is 0 Å². The maximum atomic E-state index is 11.6. The third kappa shape index (κ3) is 3.03. The van der Waals surface area contributed by atoms with Gasteiger partial charge < -0.3 is 10.1 Å². The molecule has 0 aliphatic carbocycles. The highest BCUT2D eigenvalue weighted by atomic mass is 16.3. The van der Waals surface area contributed by atoms with Gasteiger partial charge in [0.25, 0.3) is 0 Å². The summed E-state index contributed by atoms with van der Waals surface area (Å²) >= 11 is 0. The number of hydrogen-bond acceptors (Lipinski definition) is 3. The summed E-state index contributed by atoms with van der Waals surface area (Å²) in [5.41, 5.74) is 4.47. The summed E-state index contributed by atoms with van der Waals surface area (Å²) in [7, 11) is 0. The number of fused-ring (bicyclic) bond motifs is 1. The van der Waals surface area contributed by atoms with Crippen LogP contribution in [0.1, 0.15) is 36.7 Å². The van der Waals surface area contributed by atoms with Gasteiger partial charge >= 0.3 is 0 Å². The molecular formula is C19H20N2O2. The SMILES string of the molecule is CC(C)(C)c1ccc(-c2nc3ccc(C(=O)CO)cc3[nH]2)cc1. The fraction of sp³-hybridized carbons (Fsp3) is 0.263. The molecule has 0 radical (unpaired) electrons. The first kappa shape index (κ1) is 15.4. The van der Waals surface area contributed by atoms with Crippen molar-refractivity contribution in [3.63, 3.8) is 0 Å². The number of aliphatic hydroxyl groups is 1. The molecule has 0 saturated heterocycles. The van der Waals surface area contributed by atoms with Crippen LogP contribution in [0, 0.1) is 0 Å². The molecule has 23 heavy (non-hydrogen) atoms. The van der Waals surface area contributed by atoms with E-state index >= 15 is 0 Å². The molecule has 0 bridgehead atoms. The first-order chi connectivity index (χ1) is 10.9. The quantitative estimate of drug-likeness (QED) is 0.725. The molecule has 118 valence electrons. The Bertz CT molecular complexity index is 855. The smallest absolute Gasteiger partial charge is 0.188 e. The lowest BCUT2D eigenvalue weighted by Crippen LogP contribution is -2.10. The van der Waals surface area contributed by atoms with Crippen LogP contribution in [0.25, 0.3) is 22.4 Å². The number of Topliss-reactive ketones (excluding diaryl/α,β-unsaturated/α-hetero) is 1.